The Hall–Kier alpha value is -3.09. The monoisotopic (exact) mass is 443 g/mol. The van der Waals surface area contributed by atoms with Crippen molar-refractivity contribution in [1.29, 1.82) is 0 Å². The number of aldehydes is 1. The second-order valence-electron chi connectivity index (χ2n) is 8.99. The lowest BCUT2D eigenvalue weighted by Crippen LogP contribution is -2.32. The summed E-state index contributed by atoms with van der Waals surface area (Å²) in [5.41, 5.74) is 2.28. The van der Waals surface area contributed by atoms with E-state index in [9.17, 15) is 22.8 Å². The molecule has 0 aromatic heterocycles. The van der Waals surface area contributed by atoms with Crippen LogP contribution in [0.3, 0.4) is 0 Å². The van der Waals surface area contributed by atoms with Crippen molar-refractivity contribution in [3.8, 4) is 5.75 Å². The zero-order valence-electron chi connectivity index (χ0n) is 17.9. The van der Waals surface area contributed by atoms with E-state index in [1.165, 1.54) is 12.1 Å². The second-order valence-corrected chi connectivity index (χ2v) is 8.99. The Labute approximate surface area is 184 Å². The molecule has 1 aliphatic carbocycles. The minimum Gasteiger partial charge on any atom is -0.487 e. The molecule has 1 unspecified atom stereocenters. The van der Waals surface area contributed by atoms with Gasteiger partial charge in [-0.25, -0.2) is 0 Å². The van der Waals surface area contributed by atoms with Gasteiger partial charge < -0.3 is 14.8 Å². The Morgan fingerprint density at radius 2 is 2.00 bits per heavy atom. The van der Waals surface area contributed by atoms with E-state index in [2.05, 4.69) is 5.32 Å². The Balaban J connectivity index is 1.64. The molecule has 0 fully saturated rings. The van der Waals surface area contributed by atoms with Crippen LogP contribution < -0.4 is 10.1 Å². The minimum atomic E-state index is -4.48. The number of alkyl halides is 3. The number of nitrogens with one attached hydrogen (secondary N) is 1. The molecule has 4 rings (SSSR count). The van der Waals surface area contributed by atoms with Crippen molar-refractivity contribution in [1.82, 2.24) is 0 Å². The Morgan fingerprint density at radius 3 is 2.72 bits per heavy atom. The first-order valence-corrected chi connectivity index (χ1v) is 10.5. The SMILES string of the molecule is CC1(C)C/C(=C\C(=O)Nc2cccc3c2CC(C=O)CC3)c2ccc(C(F)(F)F)cc2O1. The quantitative estimate of drug-likeness (QED) is 0.497. The smallest absolute Gasteiger partial charge is 0.416 e. The molecule has 4 nitrogen and oxygen atoms in total. The third-order valence-electron chi connectivity index (χ3n) is 5.94. The number of carbonyl (C=O) groups excluding carboxylic acids is 2. The van der Waals surface area contributed by atoms with Crippen molar-refractivity contribution in [2.24, 2.45) is 5.92 Å². The number of hydrogen-bond acceptors (Lipinski definition) is 3. The number of ether oxygens (including phenoxy) is 1. The van der Waals surface area contributed by atoms with E-state index < -0.39 is 17.3 Å². The average molecular weight is 443 g/mol. The van der Waals surface area contributed by atoms with Crippen LogP contribution in [-0.2, 0) is 28.6 Å². The number of amides is 1. The summed E-state index contributed by atoms with van der Waals surface area (Å²) < 4.78 is 45.2. The van der Waals surface area contributed by atoms with Gasteiger partial charge >= 0.3 is 6.18 Å². The van der Waals surface area contributed by atoms with Gasteiger partial charge in [-0.1, -0.05) is 18.2 Å². The molecule has 0 spiro atoms. The zero-order valence-corrected chi connectivity index (χ0v) is 17.9. The van der Waals surface area contributed by atoms with Gasteiger partial charge in [-0.15, -0.1) is 0 Å². The molecule has 0 radical (unpaired) electrons. The highest BCUT2D eigenvalue weighted by Gasteiger charge is 2.35. The third-order valence-corrected chi connectivity index (χ3v) is 5.94. The third kappa shape index (κ3) is 4.56. The number of rotatable bonds is 3. The fourth-order valence-corrected chi connectivity index (χ4v) is 4.44. The van der Waals surface area contributed by atoms with E-state index in [0.29, 0.717) is 29.7 Å². The lowest BCUT2D eigenvalue weighted by atomic mass is 9.84. The molecule has 2 aliphatic rings. The summed E-state index contributed by atoms with van der Waals surface area (Å²) in [4.78, 5) is 24.1. The van der Waals surface area contributed by atoms with E-state index in [1.54, 1.807) is 19.9 Å². The van der Waals surface area contributed by atoms with Crippen LogP contribution in [0, 0.1) is 5.92 Å². The van der Waals surface area contributed by atoms with E-state index in [1.807, 2.05) is 12.1 Å². The van der Waals surface area contributed by atoms with Gasteiger partial charge in [0.2, 0.25) is 5.91 Å². The molecular weight excluding hydrogens is 419 g/mol. The van der Waals surface area contributed by atoms with Gasteiger partial charge in [-0.3, -0.25) is 4.79 Å². The summed E-state index contributed by atoms with van der Waals surface area (Å²) in [6.45, 7) is 3.55. The molecule has 1 atom stereocenters. The normalized spacial score (nSPS) is 20.7. The minimum absolute atomic E-state index is 0.0649. The number of aryl methyl sites for hydroxylation is 1. The molecule has 1 heterocycles. The largest absolute Gasteiger partial charge is 0.487 e. The lowest BCUT2D eigenvalue weighted by Gasteiger charge is -2.34. The van der Waals surface area contributed by atoms with Crippen molar-refractivity contribution in [3.05, 3.63) is 64.7 Å². The molecule has 2 aromatic carbocycles. The van der Waals surface area contributed by atoms with Crippen LogP contribution in [0.2, 0.25) is 0 Å². The Bertz CT molecular complexity index is 1100. The maximum atomic E-state index is 13.1. The lowest BCUT2D eigenvalue weighted by molar-refractivity contribution is -0.137. The first-order valence-electron chi connectivity index (χ1n) is 10.5. The second kappa shape index (κ2) is 8.11. The summed E-state index contributed by atoms with van der Waals surface area (Å²) in [7, 11) is 0. The molecule has 1 aliphatic heterocycles. The fourth-order valence-electron chi connectivity index (χ4n) is 4.44. The highest BCUT2D eigenvalue weighted by Crippen LogP contribution is 2.43. The topological polar surface area (TPSA) is 55.4 Å². The van der Waals surface area contributed by atoms with Gasteiger partial charge in [-0.2, -0.15) is 13.2 Å². The molecule has 0 saturated carbocycles. The number of hydrogen-bond donors (Lipinski definition) is 1. The van der Waals surface area contributed by atoms with E-state index in [0.717, 1.165) is 42.4 Å². The molecule has 0 bridgehead atoms. The molecular formula is C25H24F3NO3. The summed E-state index contributed by atoms with van der Waals surface area (Å²) in [5.74, 6) is -0.323. The molecule has 7 heteroatoms. The molecule has 1 N–H and O–H groups in total. The van der Waals surface area contributed by atoms with Crippen LogP contribution in [-0.4, -0.2) is 17.8 Å². The maximum Gasteiger partial charge on any atom is 0.416 e. The Morgan fingerprint density at radius 1 is 1.22 bits per heavy atom. The van der Waals surface area contributed by atoms with Crippen LogP contribution in [0.5, 0.6) is 5.75 Å². The predicted octanol–water partition coefficient (Wildman–Crippen LogP) is 5.59. The zero-order chi connectivity index (χ0) is 23.1. The average Bonchev–Trinajstić information content (AvgIpc) is 2.71. The van der Waals surface area contributed by atoms with Gasteiger partial charge in [0.1, 0.15) is 17.6 Å². The van der Waals surface area contributed by atoms with Crippen molar-refractivity contribution in [2.45, 2.75) is 51.3 Å². The predicted molar refractivity (Wildman–Crippen MR) is 115 cm³/mol. The standard InChI is InChI=1S/C25H24F3NO3/c1-24(2)13-17(19-9-8-18(25(26,27)28)12-22(19)32-24)11-23(31)29-21-5-3-4-16-7-6-15(14-30)10-20(16)21/h3-5,8-9,11-12,14-15H,6-7,10,13H2,1-2H3,(H,29,31)/b17-11+. The summed E-state index contributed by atoms with van der Waals surface area (Å²) in [6, 6.07) is 9.01. The van der Waals surface area contributed by atoms with Crippen molar-refractivity contribution in [3.63, 3.8) is 0 Å². The molecule has 168 valence electrons. The van der Waals surface area contributed by atoms with Gasteiger partial charge in [0.15, 0.2) is 0 Å². The van der Waals surface area contributed by atoms with E-state index >= 15 is 0 Å². The van der Waals surface area contributed by atoms with Crippen LogP contribution in [0.15, 0.2) is 42.5 Å². The number of fused-ring (bicyclic) bond motifs is 2. The number of anilines is 1. The van der Waals surface area contributed by atoms with E-state index in [-0.39, 0.29) is 17.6 Å². The van der Waals surface area contributed by atoms with Crippen LogP contribution in [0.4, 0.5) is 18.9 Å². The van der Waals surface area contributed by atoms with Gasteiger partial charge in [0, 0.05) is 29.7 Å². The molecule has 32 heavy (non-hydrogen) atoms. The van der Waals surface area contributed by atoms with Crippen LogP contribution >= 0.6 is 0 Å². The van der Waals surface area contributed by atoms with Crippen LogP contribution in [0.1, 0.15) is 48.9 Å². The summed E-state index contributed by atoms with van der Waals surface area (Å²) >= 11 is 0. The van der Waals surface area contributed by atoms with Crippen LogP contribution in [0.25, 0.3) is 5.57 Å². The first kappa shape index (κ1) is 22.1. The molecule has 0 saturated heterocycles. The van der Waals surface area contributed by atoms with Gasteiger partial charge in [0.25, 0.3) is 0 Å². The van der Waals surface area contributed by atoms with E-state index in [4.69, 9.17) is 4.74 Å². The number of halogens is 3. The van der Waals surface area contributed by atoms with Crippen molar-refractivity contribution in [2.75, 3.05) is 5.32 Å². The maximum absolute atomic E-state index is 13.1. The van der Waals surface area contributed by atoms with Gasteiger partial charge in [0.05, 0.1) is 5.56 Å². The Kier molecular flexibility index (Phi) is 5.61. The number of carbonyl (C=O) groups is 2. The van der Waals surface area contributed by atoms with Crippen molar-refractivity contribution < 1.29 is 27.5 Å². The van der Waals surface area contributed by atoms with Crippen molar-refractivity contribution >= 4 is 23.5 Å². The summed E-state index contributed by atoms with van der Waals surface area (Å²) in [5, 5.41) is 2.90. The first-order chi connectivity index (χ1) is 15.1. The fraction of sp³-hybridized carbons (Fsp3) is 0.360. The number of benzene rings is 2. The molecule has 1 amide bonds. The highest BCUT2D eigenvalue weighted by atomic mass is 19.4. The highest BCUT2D eigenvalue weighted by molar-refractivity contribution is 6.05. The summed E-state index contributed by atoms with van der Waals surface area (Å²) in [6.07, 6.45) is 0.435. The van der Waals surface area contributed by atoms with Gasteiger partial charge in [-0.05, 0) is 68.0 Å². The molecule has 2 aromatic rings.